The molecule has 1 aromatic rings. The molecule has 3 heterocycles. The Balaban J connectivity index is 1.44. The summed E-state index contributed by atoms with van der Waals surface area (Å²) < 4.78 is 11.6. The first-order chi connectivity index (χ1) is 11.2. The monoisotopic (exact) mass is 316 g/mol. The van der Waals surface area contributed by atoms with Crippen molar-refractivity contribution >= 4 is 5.91 Å². The Kier molecular flexibility index (Phi) is 3.89. The third-order valence-corrected chi connectivity index (χ3v) is 5.18. The van der Waals surface area contributed by atoms with E-state index in [4.69, 9.17) is 9.47 Å². The average Bonchev–Trinajstić information content (AvgIpc) is 2.92. The van der Waals surface area contributed by atoms with Gasteiger partial charge in [0.2, 0.25) is 0 Å². The first-order valence-corrected chi connectivity index (χ1v) is 8.68. The number of hydrogen-bond donors (Lipinski definition) is 1. The fourth-order valence-electron chi connectivity index (χ4n) is 3.89. The molecule has 124 valence electrons. The fourth-order valence-corrected chi connectivity index (χ4v) is 3.89. The predicted octanol–water partition coefficient (Wildman–Crippen LogP) is 2.06. The summed E-state index contributed by atoms with van der Waals surface area (Å²) >= 11 is 0. The van der Waals surface area contributed by atoms with Gasteiger partial charge in [-0.05, 0) is 49.9 Å². The van der Waals surface area contributed by atoms with Gasteiger partial charge in [-0.15, -0.1) is 0 Å². The molecule has 0 aromatic heterocycles. The number of piperidine rings is 1. The zero-order valence-corrected chi connectivity index (χ0v) is 13.6. The Hall–Kier alpha value is -1.75. The van der Waals surface area contributed by atoms with Crippen molar-refractivity contribution in [3.63, 3.8) is 0 Å². The minimum Gasteiger partial charge on any atom is -0.486 e. The van der Waals surface area contributed by atoms with Crippen LogP contribution >= 0.6 is 0 Å². The molecule has 2 saturated heterocycles. The van der Waals surface area contributed by atoms with Crippen LogP contribution in [0.5, 0.6) is 11.5 Å². The molecule has 1 N–H and O–H groups in total. The number of carbonyl (C=O) groups is 1. The fraction of sp³-hybridized carbons (Fsp3) is 0.611. The standard InChI is InChI=1S/C18H24N2O3/c1-2-15-11-22-16-4-3-13(8-17(16)23-15)18(21)19-14-7-12-5-6-20(9-12)10-14/h3-4,8,12,14-15H,2,5-7,9-11H2,1H3,(H,19,21)/t12-,14-,15-/m0/s1. The Morgan fingerprint density at radius 2 is 2.26 bits per heavy atom. The summed E-state index contributed by atoms with van der Waals surface area (Å²) in [6.07, 6.45) is 3.34. The highest BCUT2D eigenvalue weighted by Gasteiger charge is 2.33. The molecule has 5 nitrogen and oxygen atoms in total. The van der Waals surface area contributed by atoms with E-state index in [1.807, 2.05) is 18.2 Å². The number of rotatable bonds is 3. The summed E-state index contributed by atoms with van der Waals surface area (Å²) in [6.45, 7) is 6.01. The Morgan fingerprint density at radius 3 is 3.09 bits per heavy atom. The van der Waals surface area contributed by atoms with E-state index >= 15 is 0 Å². The zero-order valence-electron chi connectivity index (χ0n) is 13.6. The van der Waals surface area contributed by atoms with Gasteiger partial charge >= 0.3 is 0 Å². The van der Waals surface area contributed by atoms with Crippen molar-refractivity contribution in [2.45, 2.75) is 38.3 Å². The maximum absolute atomic E-state index is 12.6. The van der Waals surface area contributed by atoms with Crippen molar-refractivity contribution in [3.05, 3.63) is 23.8 Å². The summed E-state index contributed by atoms with van der Waals surface area (Å²) in [5.74, 6) is 2.15. The maximum atomic E-state index is 12.6. The van der Waals surface area contributed by atoms with Crippen LogP contribution < -0.4 is 14.8 Å². The third-order valence-electron chi connectivity index (χ3n) is 5.18. The van der Waals surface area contributed by atoms with Crippen LogP contribution in [0.1, 0.15) is 36.5 Å². The van der Waals surface area contributed by atoms with Crippen molar-refractivity contribution in [2.75, 3.05) is 26.2 Å². The summed E-state index contributed by atoms with van der Waals surface area (Å²) in [5, 5.41) is 3.19. The highest BCUT2D eigenvalue weighted by atomic mass is 16.6. The second kappa shape index (κ2) is 6.04. The van der Waals surface area contributed by atoms with Crippen molar-refractivity contribution in [1.82, 2.24) is 10.2 Å². The second-order valence-corrected chi connectivity index (χ2v) is 6.94. The van der Waals surface area contributed by atoms with Gasteiger partial charge in [0.05, 0.1) is 0 Å². The minimum absolute atomic E-state index is 0.0116. The van der Waals surface area contributed by atoms with Crippen molar-refractivity contribution < 1.29 is 14.3 Å². The van der Waals surface area contributed by atoms with Crippen LogP contribution in [0.2, 0.25) is 0 Å². The Morgan fingerprint density at radius 1 is 1.35 bits per heavy atom. The Labute approximate surface area is 136 Å². The van der Waals surface area contributed by atoms with Gasteiger partial charge < -0.3 is 19.7 Å². The van der Waals surface area contributed by atoms with Gasteiger partial charge in [0.1, 0.15) is 12.7 Å². The van der Waals surface area contributed by atoms with E-state index in [9.17, 15) is 4.79 Å². The Bertz CT molecular complexity index is 592. The number of fused-ring (bicyclic) bond motifs is 3. The quantitative estimate of drug-likeness (QED) is 0.927. The number of carbonyl (C=O) groups excluding carboxylic acids is 1. The number of hydrogen-bond acceptors (Lipinski definition) is 4. The summed E-state index contributed by atoms with van der Waals surface area (Å²) in [7, 11) is 0. The van der Waals surface area contributed by atoms with Gasteiger partial charge in [0, 0.05) is 24.7 Å². The number of ether oxygens (including phenoxy) is 2. The molecule has 1 unspecified atom stereocenters. The molecule has 4 rings (SSSR count). The van der Waals surface area contributed by atoms with Crippen LogP contribution in [0.4, 0.5) is 0 Å². The van der Waals surface area contributed by atoms with Crippen molar-refractivity contribution in [2.24, 2.45) is 5.92 Å². The lowest BCUT2D eigenvalue weighted by Gasteiger charge is -2.30. The predicted molar refractivity (Wildman–Crippen MR) is 87.1 cm³/mol. The molecule has 3 aliphatic heterocycles. The second-order valence-electron chi connectivity index (χ2n) is 6.94. The highest BCUT2D eigenvalue weighted by molar-refractivity contribution is 5.95. The van der Waals surface area contributed by atoms with Gasteiger partial charge in [-0.3, -0.25) is 4.79 Å². The molecule has 4 atom stereocenters. The average molecular weight is 316 g/mol. The summed E-state index contributed by atoms with van der Waals surface area (Å²) in [6, 6.07) is 5.73. The van der Waals surface area contributed by atoms with Crippen LogP contribution in [0, 0.1) is 5.92 Å². The number of nitrogens with zero attached hydrogens (tertiary/aromatic N) is 1. The molecule has 0 saturated carbocycles. The molecular formula is C18H24N2O3. The molecule has 1 aromatic carbocycles. The van der Waals surface area contributed by atoms with E-state index in [-0.39, 0.29) is 18.1 Å². The number of nitrogens with one attached hydrogen (secondary N) is 1. The lowest BCUT2D eigenvalue weighted by molar-refractivity contribution is 0.0863. The molecule has 5 heteroatoms. The van der Waals surface area contributed by atoms with Gasteiger partial charge in [0.15, 0.2) is 11.5 Å². The van der Waals surface area contributed by atoms with E-state index in [1.165, 1.54) is 19.5 Å². The van der Waals surface area contributed by atoms with E-state index in [2.05, 4.69) is 17.1 Å². The van der Waals surface area contributed by atoms with Gasteiger partial charge in [0.25, 0.3) is 5.91 Å². The van der Waals surface area contributed by atoms with E-state index < -0.39 is 0 Å². The van der Waals surface area contributed by atoms with Crippen LogP contribution in [0.25, 0.3) is 0 Å². The number of benzene rings is 1. The van der Waals surface area contributed by atoms with E-state index in [1.54, 1.807) is 0 Å². The SMILES string of the molecule is CC[C@H]1COc2ccc(C(=O)N[C@H]3C[C@@H]4CCN(C4)C3)cc2O1. The largest absolute Gasteiger partial charge is 0.486 e. The van der Waals surface area contributed by atoms with E-state index in [0.717, 1.165) is 31.1 Å². The first-order valence-electron chi connectivity index (χ1n) is 8.68. The van der Waals surface area contributed by atoms with E-state index in [0.29, 0.717) is 17.9 Å². The smallest absolute Gasteiger partial charge is 0.251 e. The first kappa shape index (κ1) is 14.8. The van der Waals surface area contributed by atoms with Crippen LogP contribution in [0.15, 0.2) is 18.2 Å². The molecular weight excluding hydrogens is 292 g/mol. The molecule has 3 aliphatic rings. The zero-order chi connectivity index (χ0) is 15.8. The molecule has 0 spiro atoms. The van der Waals surface area contributed by atoms with Gasteiger partial charge in [-0.25, -0.2) is 0 Å². The van der Waals surface area contributed by atoms with Crippen molar-refractivity contribution in [1.29, 1.82) is 0 Å². The molecule has 1 amide bonds. The summed E-state index contributed by atoms with van der Waals surface area (Å²) in [4.78, 5) is 15.0. The lowest BCUT2D eigenvalue weighted by Crippen LogP contribution is -2.47. The topological polar surface area (TPSA) is 50.8 Å². The highest BCUT2D eigenvalue weighted by Crippen LogP contribution is 2.33. The molecule has 0 aliphatic carbocycles. The van der Waals surface area contributed by atoms with Crippen LogP contribution in [-0.4, -0.2) is 49.2 Å². The third kappa shape index (κ3) is 3.02. The molecule has 2 fully saturated rings. The molecule has 23 heavy (non-hydrogen) atoms. The van der Waals surface area contributed by atoms with Gasteiger partial charge in [-0.2, -0.15) is 0 Å². The van der Waals surface area contributed by atoms with Gasteiger partial charge in [-0.1, -0.05) is 6.92 Å². The lowest BCUT2D eigenvalue weighted by atomic mass is 9.96. The normalized spacial score (nSPS) is 31.7. The summed E-state index contributed by atoms with van der Waals surface area (Å²) in [5.41, 5.74) is 0.650. The maximum Gasteiger partial charge on any atom is 0.251 e. The van der Waals surface area contributed by atoms with Crippen LogP contribution in [-0.2, 0) is 0 Å². The minimum atomic E-state index is -0.0116. The molecule has 0 radical (unpaired) electrons. The van der Waals surface area contributed by atoms with Crippen molar-refractivity contribution in [3.8, 4) is 11.5 Å². The molecule has 2 bridgehead atoms. The number of amides is 1. The van der Waals surface area contributed by atoms with Crippen LogP contribution in [0.3, 0.4) is 0 Å².